The monoisotopic (exact) mass is 362 g/mol. The van der Waals surface area contributed by atoms with E-state index >= 15 is 0 Å². The van der Waals surface area contributed by atoms with Crippen molar-refractivity contribution in [1.82, 2.24) is 19.7 Å². The van der Waals surface area contributed by atoms with Gasteiger partial charge in [-0.25, -0.2) is 4.39 Å². The highest BCUT2D eigenvalue weighted by Crippen LogP contribution is 2.25. The topological polar surface area (TPSA) is 67.7 Å². The molecule has 4 aromatic rings. The van der Waals surface area contributed by atoms with E-state index in [0.717, 1.165) is 16.5 Å². The minimum absolute atomic E-state index is 0.313. The van der Waals surface area contributed by atoms with Crippen LogP contribution in [0, 0.1) is 12.7 Å². The number of aromatic nitrogens is 4. The van der Waals surface area contributed by atoms with Gasteiger partial charge in [-0.1, -0.05) is 36.4 Å². The Hall–Kier alpha value is -3.48. The highest BCUT2D eigenvalue weighted by molar-refractivity contribution is 5.87. The van der Waals surface area contributed by atoms with Gasteiger partial charge in [-0.05, 0) is 30.2 Å². The van der Waals surface area contributed by atoms with Crippen molar-refractivity contribution in [3.05, 3.63) is 71.7 Å². The van der Waals surface area contributed by atoms with Crippen LogP contribution in [0.1, 0.15) is 11.1 Å². The van der Waals surface area contributed by atoms with Crippen LogP contribution in [-0.2, 0) is 13.6 Å². The average molecular weight is 362 g/mol. The Bertz CT molecular complexity index is 1090. The maximum Gasteiger partial charge on any atom is 0.231 e. The molecule has 4 rings (SSSR count). The van der Waals surface area contributed by atoms with Gasteiger partial charge in [0.25, 0.3) is 0 Å². The molecule has 0 radical (unpaired) electrons. The number of benzene rings is 2. The van der Waals surface area contributed by atoms with Crippen LogP contribution in [-0.4, -0.2) is 19.7 Å². The van der Waals surface area contributed by atoms with Gasteiger partial charge in [0.15, 0.2) is 5.65 Å². The fraction of sp³-hybridized carbons (Fsp3) is 0.150. The summed E-state index contributed by atoms with van der Waals surface area (Å²) in [4.78, 5) is 9.12. The van der Waals surface area contributed by atoms with Gasteiger partial charge in [-0.3, -0.25) is 4.68 Å². The first kappa shape index (κ1) is 17.0. The first-order chi connectivity index (χ1) is 13.1. The van der Waals surface area contributed by atoms with Crippen molar-refractivity contribution in [2.45, 2.75) is 13.5 Å². The van der Waals surface area contributed by atoms with Gasteiger partial charge in [-0.2, -0.15) is 15.1 Å². The number of nitrogens with one attached hydrogen (secondary N) is 2. The number of hydrogen-bond donors (Lipinski definition) is 2. The molecule has 0 bridgehead atoms. The Morgan fingerprint density at radius 1 is 1.07 bits per heavy atom. The van der Waals surface area contributed by atoms with E-state index in [2.05, 4.69) is 25.7 Å². The predicted octanol–water partition coefficient (Wildman–Crippen LogP) is 4.17. The fourth-order valence-corrected chi connectivity index (χ4v) is 2.84. The van der Waals surface area contributed by atoms with E-state index in [0.29, 0.717) is 29.6 Å². The SMILES string of the molecule is Cc1ccc(F)cc1Nc1nc(NCc2ccccc2)c2cnn(C)c2n1. The molecule has 27 heavy (non-hydrogen) atoms. The highest BCUT2D eigenvalue weighted by atomic mass is 19.1. The van der Waals surface area contributed by atoms with Gasteiger partial charge < -0.3 is 10.6 Å². The highest BCUT2D eigenvalue weighted by Gasteiger charge is 2.12. The molecule has 2 heterocycles. The van der Waals surface area contributed by atoms with Crippen LogP contribution >= 0.6 is 0 Å². The Morgan fingerprint density at radius 2 is 1.89 bits per heavy atom. The van der Waals surface area contributed by atoms with Gasteiger partial charge in [-0.15, -0.1) is 0 Å². The summed E-state index contributed by atoms with van der Waals surface area (Å²) in [5, 5.41) is 11.6. The van der Waals surface area contributed by atoms with Gasteiger partial charge in [0, 0.05) is 19.3 Å². The largest absolute Gasteiger partial charge is 0.365 e. The maximum absolute atomic E-state index is 13.6. The molecule has 2 aromatic carbocycles. The summed E-state index contributed by atoms with van der Waals surface area (Å²) in [7, 11) is 1.83. The molecular formula is C20H19FN6. The predicted molar refractivity (Wildman–Crippen MR) is 104 cm³/mol. The number of fused-ring (bicyclic) bond motifs is 1. The van der Waals surface area contributed by atoms with Crippen molar-refractivity contribution in [3.8, 4) is 0 Å². The van der Waals surface area contributed by atoms with E-state index in [-0.39, 0.29) is 5.82 Å². The van der Waals surface area contributed by atoms with E-state index in [1.807, 2.05) is 44.3 Å². The zero-order valence-electron chi connectivity index (χ0n) is 15.1. The molecule has 0 aliphatic rings. The molecule has 0 fully saturated rings. The molecular weight excluding hydrogens is 343 g/mol. The number of rotatable bonds is 5. The third-order valence-corrected chi connectivity index (χ3v) is 4.34. The summed E-state index contributed by atoms with van der Waals surface area (Å²) in [6.45, 7) is 2.53. The molecule has 0 aliphatic heterocycles. The van der Waals surface area contributed by atoms with E-state index in [9.17, 15) is 4.39 Å². The van der Waals surface area contributed by atoms with Crippen LogP contribution < -0.4 is 10.6 Å². The minimum Gasteiger partial charge on any atom is -0.365 e. The van der Waals surface area contributed by atoms with Gasteiger partial charge in [0.2, 0.25) is 5.95 Å². The van der Waals surface area contributed by atoms with Gasteiger partial charge >= 0.3 is 0 Å². The molecule has 0 unspecified atom stereocenters. The first-order valence-corrected chi connectivity index (χ1v) is 8.61. The van der Waals surface area contributed by atoms with Crippen LogP contribution in [0.15, 0.2) is 54.7 Å². The number of hydrogen-bond acceptors (Lipinski definition) is 5. The van der Waals surface area contributed by atoms with E-state index < -0.39 is 0 Å². The summed E-state index contributed by atoms with van der Waals surface area (Å²) < 4.78 is 15.3. The van der Waals surface area contributed by atoms with Gasteiger partial charge in [0.1, 0.15) is 11.6 Å². The quantitative estimate of drug-likeness (QED) is 0.558. The van der Waals surface area contributed by atoms with Crippen molar-refractivity contribution in [3.63, 3.8) is 0 Å². The van der Waals surface area contributed by atoms with Crippen LogP contribution in [0.2, 0.25) is 0 Å². The molecule has 0 atom stereocenters. The Morgan fingerprint density at radius 3 is 2.70 bits per heavy atom. The molecule has 7 heteroatoms. The second-order valence-corrected chi connectivity index (χ2v) is 6.32. The first-order valence-electron chi connectivity index (χ1n) is 8.61. The third-order valence-electron chi connectivity index (χ3n) is 4.34. The van der Waals surface area contributed by atoms with Crippen molar-refractivity contribution >= 4 is 28.5 Å². The molecule has 2 N–H and O–H groups in total. The second-order valence-electron chi connectivity index (χ2n) is 6.32. The van der Waals surface area contributed by atoms with Crippen LogP contribution in [0.3, 0.4) is 0 Å². The zero-order chi connectivity index (χ0) is 18.8. The zero-order valence-corrected chi connectivity index (χ0v) is 15.1. The molecule has 0 spiro atoms. The Labute approximate surface area is 156 Å². The summed E-state index contributed by atoms with van der Waals surface area (Å²) in [6, 6.07) is 14.6. The smallest absolute Gasteiger partial charge is 0.231 e. The number of nitrogens with zero attached hydrogens (tertiary/aromatic N) is 4. The normalized spacial score (nSPS) is 10.9. The van der Waals surface area contributed by atoms with Gasteiger partial charge in [0.05, 0.1) is 11.6 Å². The summed E-state index contributed by atoms with van der Waals surface area (Å²) in [6.07, 6.45) is 1.74. The molecule has 0 aliphatic carbocycles. The summed E-state index contributed by atoms with van der Waals surface area (Å²) in [5.41, 5.74) is 3.37. The van der Waals surface area contributed by atoms with Crippen LogP contribution in [0.4, 0.5) is 21.8 Å². The molecule has 0 saturated carbocycles. The number of anilines is 3. The standard InChI is InChI=1S/C20H19FN6/c1-13-8-9-15(21)10-17(13)24-20-25-18(16-12-23-27(2)19(16)26-20)22-11-14-6-4-3-5-7-14/h3-10,12H,11H2,1-2H3,(H2,22,24,25,26). The molecule has 0 amide bonds. The number of aryl methyl sites for hydroxylation is 2. The Kier molecular flexibility index (Phi) is 4.42. The second kappa shape index (κ2) is 7.03. The lowest BCUT2D eigenvalue weighted by Gasteiger charge is -2.12. The Balaban J connectivity index is 1.69. The minimum atomic E-state index is -0.313. The van der Waals surface area contributed by atoms with Crippen molar-refractivity contribution in [1.29, 1.82) is 0 Å². The summed E-state index contributed by atoms with van der Waals surface area (Å²) >= 11 is 0. The summed E-state index contributed by atoms with van der Waals surface area (Å²) in [5.74, 6) is 0.746. The van der Waals surface area contributed by atoms with E-state index in [1.165, 1.54) is 12.1 Å². The van der Waals surface area contributed by atoms with Crippen molar-refractivity contribution in [2.75, 3.05) is 10.6 Å². The van der Waals surface area contributed by atoms with E-state index in [4.69, 9.17) is 0 Å². The average Bonchev–Trinajstić information content (AvgIpc) is 3.05. The molecule has 0 saturated heterocycles. The molecule has 6 nitrogen and oxygen atoms in total. The maximum atomic E-state index is 13.6. The van der Waals surface area contributed by atoms with E-state index in [1.54, 1.807) is 16.9 Å². The van der Waals surface area contributed by atoms with Crippen molar-refractivity contribution in [2.24, 2.45) is 7.05 Å². The third kappa shape index (κ3) is 3.57. The fourth-order valence-electron chi connectivity index (χ4n) is 2.84. The van der Waals surface area contributed by atoms with Crippen LogP contribution in [0.5, 0.6) is 0 Å². The lowest BCUT2D eigenvalue weighted by atomic mass is 10.2. The van der Waals surface area contributed by atoms with Crippen LogP contribution in [0.25, 0.3) is 11.0 Å². The lowest BCUT2D eigenvalue weighted by molar-refractivity contribution is 0.628. The number of halogens is 1. The van der Waals surface area contributed by atoms with Crippen molar-refractivity contribution < 1.29 is 4.39 Å². The molecule has 2 aromatic heterocycles. The lowest BCUT2D eigenvalue weighted by Crippen LogP contribution is -2.06. The molecule has 136 valence electrons.